The summed E-state index contributed by atoms with van der Waals surface area (Å²) in [5, 5.41) is 7.17. The molecule has 1 atom stereocenters. The van der Waals surface area contributed by atoms with E-state index in [1.54, 1.807) is 13.1 Å². The Balaban J connectivity index is 1.92. The molecule has 0 aliphatic heterocycles. The van der Waals surface area contributed by atoms with Gasteiger partial charge in [-0.05, 0) is 25.3 Å². The van der Waals surface area contributed by atoms with E-state index in [2.05, 4.69) is 20.2 Å². The van der Waals surface area contributed by atoms with Crippen molar-refractivity contribution in [3.05, 3.63) is 68.6 Å². The Morgan fingerprint density at radius 3 is 2.44 bits per heavy atom. The van der Waals surface area contributed by atoms with E-state index in [4.69, 9.17) is 4.74 Å². The molecule has 10 nitrogen and oxygen atoms in total. The number of aryl methyl sites for hydroxylation is 1. The summed E-state index contributed by atoms with van der Waals surface area (Å²) in [7, 11) is 0. The quantitative estimate of drug-likeness (QED) is 0.367. The van der Waals surface area contributed by atoms with Crippen LogP contribution in [-0.2, 0) is 22.6 Å². The van der Waals surface area contributed by atoms with Crippen molar-refractivity contribution in [1.82, 2.24) is 29.3 Å². The van der Waals surface area contributed by atoms with Crippen molar-refractivity contribution in [2.75, 3.05) is 6.61 Å². The van der Waals surface area contributed by atoms with Gasteiger partial charge in [-0.1, -0.05) is 44.2 Å². The molecule has 178 valence electrons. The first-order chi connectivity index (χ1) is 16.5. The lowest BCUT2D eigenvalue weighted by Crippen LogP contribution is -2.40. The molecular formula is C24H28N6O4. The summed E-state index contributed by atoms with van der Waals surface area (Å²) in [5.74, 6) is -0.879. The lowest BCUT2D eigenvalue weighted by molar-refractivity contribution is -0.143. The van der Waals surface area contributed by atoms with Crippen LogP contribution in [0.3, 0.4) is 0 Å². The number of ether oxygens (including phenoxy) is 1. The summed E-state index contributed by atoms with van der Waals surface area (Å²) >= 11 is 0. The molecule has 4 rings (SSSR count). The lowest BCUT2D eigenvalue weighted by atomic mass is 9.93. The average Bonchev–Trinajstić information content (AvgIpc) is 3.48. The molecule has 34 heavy (non-hydrogen) atoms. The molecule has 3 heterocycles. The van der Waals surface area contributed by atoms with Gasteiger partial charge in [0.25, 0.3) is 5.56 Å². The van der Waals surface area contributed by atoms with Crippen LogP contribution in [0.5, 0.6) is 0 Å². The van der Waals surface area contributed by atoms with Crippen molar-refractivity contribution in [3.63, 3.8) is 0 Å². The molecule has 4 aromatic rings. The summed E-state index contributed by atoms with van der Waals surface area (Å²) in [4.78, 5) is 46.7. The fourth-order valence-corrected chi connectivity index (χ4v) is 4.13. The maximum Gasteiger partial charge on any atom is 0.332 e. The van der Waals surface area contributed by atoms with Crippen molar-refractivity contribution < 1.29 is 9.53 Å². The summed E-state index contributed by atoms with van der Waals surface area (Å²) < 4.78 is 8.10. The zero-order valence-corrected chi connectivity index (χ0v) is 19.5. The van der Waals surface area contributed by atoms with Crippen molar-refractivity contribution in [1.29, 1.82) is 0 Å². The molecular weight excluding hydrogens is 436 g/mol. The van der Waals surface area contributed by atoms with Crippen LogP contribution in [0, 0.1) is 0 Å². The fraction of sp³-hybridized carbons (Fsp3) is 0.375. The standard InChI is InChI=1S/C24H28N6O4/c1-4-12-29-21-19(22(31)30(13-5-2)24(29)33)26-20(27-21)16-14-25-28-18(16)17(23(32)34-6-3)15-10-8-7-9-11-15/h7-11,14,17H,4-6,12-13H2,1-3H3,(H,25,28)(H,26,27). The van der Waals surface area contributed by atoms with Crippen LogP contribution in [0.15, 0.2) is 46.1 Å². The number of hydrogen-bond acceptors (Lipinski definition) is 6. The Hall–Kier alpha value is -3.95. The third-order valence-corrected chi connectivity index (χ3v) is 5.61. The first-order valence-corrected chi connectivity index (χ1v) is 11.5. The van der Waals surface area contributed by atoms with E-state index in [1.165, 1.54) is 9.13 Å². The van der Waals surface area contributed by atoms with E-state index in [9.17, 15) is 14.4 Å². The van der Waals surface area contributed by atoms with Gasteiger partial charge >= 0.3 is 11.7 Å². The predicted molar refractivity (Wildman–Crippen MR) is 128 cm³/mol. The van der Waals surface area contributed by atoms with Crippen LogP contribution < -0.4 is 11.2 Å². The smallest absolute Gasteiger partial charge is 0.332 e. The molecule has 0 saturated carbocycles. The van der Waals surface area contributed by atoms with Crippen LogP contribution >= 0.6 is 0 Å². The number of nitrogens with zero attached hydrogens (tertiary/aromatic N) is 4. The molecule has 3 aromatic heterocycles. The van der Waals surface area contributed by atoms with Gasteiger partial charge in [-0.2, -0.15) is 5.10 Å². The van der Waals surface area contributed by atoms with Gasteiger partial charge in [0.15, 0.2) is 5.65 Å². The lowest BCUT2D eigenvalue weighted by Gasteiger charge is -2.15. The van der Waals surface area contributed by atoms with Crippen LogP contribution in [0.25, 0.3) is 22.6 Å². The topological polar surface area (TPSA) is 128 Å². The van der Waals surface area contributed by atoms with Gasteiger partial charge in [0.05, 0.1) is 17.9 Å². The maximum absolute atomic E-state index is 13.1. The van der Waals surface area contributed by atoms with Crippen LogP contribution in [0.1, 0.15) is 50.8 Å². The van der Waals surface area contributed by atoms with Gasteiger partial charge in [-0.3, -0.25) is 23.8 Å². The summed E-state index contributed by atoms with van der Waals surface area (Å²) in [5.41, 5.74) is 1.41. The molecule has 0 amide bonds. The number of esters is 1. The highest BCUT2D eigenvalue weighted by Gasteiger charge is 2.30. The Bertz CT molecular complexity index is 1410. The van der Waals surface area contributed by atoms with Gasteiger partial charge in [0.1, 0.15) is 17.3 Å². The number of H-pyrrole nitrogens is 2. The third kappa shape index (κ3) is 4.07. The summed E-state index contributed by atoms with van der Waals surface area (Å²) in [6.07, 6.45) is 2.98. The number of hydrogen-bond donors (Lipinski definition) is 2. The first kappa shape index (κ1) is 23.2. The van der Waals surface area contributed by atoms with Gasteiger partial charge in [-0.15, -0.1) is 0 Å². The number of aromatic amines is 2. The maximum atomic E-state index is 13.1. The number of carbonyl (C=O) groups is 1. The molecule has 0 radical (unpaired) electrons. The molecule has 0 fully saturated rings. The molecule has 0 aliphatic rings. The Kier molecular flexibility index (Phi) is 6.76. The van der Waals surface area contributed by atoms with E-state index < -0.39 is 17.4 Å². The minimum absolute atomic E-state index is 0.229. The highest BCUT2D eigenvalue weighted by molar-refractivity contribution is 5.85. The second-order valence-electron chi connectivity index (χ2n) is 7.95. The third-order valence-electron chi connectivity index (χ3n) is 5.61. The Morgan fingerprint density at radius 2 is 1.76 bits per heavy atom. The molecule has 0 bridgehead atoms. The van der Waals surface area contributed by atoms with Crippen molar-refractivity contribution in [3.8, 4) is 11.4 Å². The normalized spacial score (nSPS) is 12.2. The summed E-state index contributed by atoms with van der Waals surface area (Å²) in [6, 6.07) is 9.22. The van der Waals surface area contributed by atoms with E-state index in [0.717, 1.165) is 5.56 Å². The molecule has 1 unspecified atom stereocenters. The van der Waals surface area contributed by atoms with Gasteiger partial charge in [0.2, 0.25) is 0 Å². The number of aromatic nitrogens is 6. The van der Waals surface area contributed by atoms with Gasteiger partial charge < -0.3 is 9.72 Å². The largest absolute Gasteiger partial charge is 0.465 e. The zero-order valence-electron chi connectivity index (χ0n) is 19.5. The number of benzene rings is 1. The second-order valence-corrected chi connectivity index (χ2v) is 7.95. The summed E-state index contributed by atoms with van der Waals surface area (Å²) in [6.45, 7) is 6.60. The molecule has 2 N–H and O–H groups in total. The minimum Gasteiger partial charge on any atom is -0.465 e. The van der Waals surface area contributed by atoms with E-state index >= 15 is 0 Å². The van der Waals surface area contributed by atoms with Crippen LogP contribution in [0.2, 0.25) is 0 Å². The van der Waals surface area contributed by atoms with Crippen LogP contribution in [-0.4, -0.2) is 41.9 Å². The number of fused-ring (bicyclic) bond motifs is 1. The molecule has 1 aromatic carbocycles. The van der Waals surface area contributed by atoms with Crippen molar-refractivity contribution >= 4 is 17.1 Å². The van der Waals surface area contributed by atoms with Crippen molar-refractivity contribution in [2.24, 2.45) is 0 Å². The zero-order chi connectivity index (χ0) is 24.2. The second kappa shape index (κ2) is 9.90. The van der Waals surface area contributed by atoms with Crippen molar-refractivity contribution in [2.45, 2.75) is 52.6 Å². The molecule has 10 heteroatoms. The highest BCUT2D eigenvalue weighted by Crippen LogP contribution is 2.32. The Morgan fingerprint density at radius 1 is 1.06 bits per heavy atom. The average molecular weight is 465 g/mol. The van der Waals surface area contributed by atoms with Crippen LogP contribution in [0.4, 0.5) is 0 Å². The SMILES string of the molecule is CCCn1c(=O)c2[nH]c(-c3c[nH]nc3C(C(=O)OCC)c3ccccc3)nc2n(CCC)c1=O. The number of imidazole rings is 1. The predicted octanol–water partition coefficient (Wildman–Crippen LogP) is 2.79. The molecule has 0 aliphatic carbocycles. The number of carbonyl (C=O) groups excluding carboxylic acids is 1. The highest BCUT2D eigenvalue weighted by atomic mass is 16.5. The molecule has 0 spiro atoms. The van der Waals surface area contributed by atoms with E-state index in [1.807, 2.05) is 44.2 Å². The number of nitrogens with one attached hydrogen (secondary N) is 2. The number of rotatable bonds is 9. The van der Waals surface area contributed by atoms with E-state index in [0.29, 0.717) is 48.7 Å². The monoisotopic (exact) mass is 464 g/mol. The first-order valence-electron chi connectivity index (χ1n) is 11.5. The van der Waals surface area contributed by atoms with Gasteiger partial charge in [0, 0.05) is 19.3 Å². The van der Waals surface area contributed by atoms with Gasteiger partial charge in [-0.25, -0.2) is 9.78 Å². The Labute approximate surface area is 195 Å². The fourth-order valence-electron chi connectivity index (χ4n) is 4.13. The molecule has 0 saturated heterocycles. The van der Waals surface area contributed by atoms with E-state index in [-0.39, 0.29) is 17.8 Å². The minimum atomic E-state index is -0.787.